The first kappa shape index (κ1) is 17.9. The molecular formula is C20H23N2O4+. The minimum atomic E-state index is -0.315. The molecule has 1 aliphatic rings. The lowest BCUT2D eigenvalue weighted by molar-refractivity contribution is -0.930. The summed E-state index contributed by atoms with van der Waals surface area (Å²) < 4.78 is 10.8. The lowest BCUT2D eigenvalue weighted by atomic mass is 10.00. The zero-order valence-electron chi connectivity index (χ0n) is 14.6. The number of amides is 1. The van der Waals surface area contributed by atoms with Crippen LogP contribution in [-0.4, -0.2) is 25.6 Å². The van der Waals surface area contributed by atoms with Crippen molar-refractivity contribution in [1.82, 2.24) is 5.32 Å². The van der Waals surface area contributed by atoms with Crippen LogP contribution in [0, 0.1) is 0 Å². The molecule has 3 rings (SSSR count). The van der Waals surface area contributed by atoms with Crippen molar-refractivity contribution < 1.29 is 18.8 Å². The highest BCUT2D eigenvalue weighted by Crippen LogP contribution is 2.11. The van der Waals surface area contributed by atoms with E-state index in [1.807, 2.05) is 0 Å². The van der Waals surface area contributed by atoms with Gasteiger partial charge in [-0.3, -0.25) is 9.59 Å². The Balaban J connectivity index is 1.57. The molecule has 0 fully saturated rings. The molecule has 26 heavy (non-hydrogen) atoms. The summed E-state index contributed by atoms with van der Waals surface area (Å²) in [6.45, 7) is 6.20. The largest absolute Gasteiger partial charge is 0.477 e. The molecular weight excluding hydrogens is 332 g/mol. The van der Waals surface area contributed by atoms with E-state index in [9.17, 15) is 9.59 Å². The molecule has 0 saturated heterocycles. The number of hydrogen-bond donors (Lipinski definition) is 2. The van der Waals surface area contributed by atoms with Crippen molar-refractivity contribution in [2.24, 2.45) is 0 Å². The summed E-state index contributed by atoms with van der Waals surface area (Å²) in [6, 6.07) is 9.89. The van der Waals surface area contributed by atoms with Crippen LogP contribution in [0.25, 0.3) is 0 Å². The fourth-order valence-electron chi connectivity index (χ4n) is 3.06. The van der Waals surface area contributed by atoms with Gasteiger partial charge in [0.2, 0.25) is 11.2 Å². The second-order valence-corrected chi connectivity index (χ2v) is 6.33. The lowest BCUT2D eigenvalue weighted by Crippen LogP contribution is -3.10. The molecule has 1 aromatic heterocycles. The highest BCUT2D eigenvalue weighted by Gasteiger charge is 2.20. The fourth-order valence-corrected chi connectivity index (χ4v) is 3.06. The third kappa shape index (κ3) is 4.61. The van der Waals surface area contributed by atoms with Crippen LogP contribution in [0.4, 0.5) is 0 Å². The SMILES string of the molecule is C=CCNC(=O)COc1coc(C[NH+]2CCc3ccccc3C2)cc1=O. The Morgan fingerprint density at radius 3 is 2.92 bits per heavy atom. The molecule has 6 nitrogen and oxygen atoms in total. The molecule has 2 N–H and O–H groups in total. The van der Waals surface area contributed by atoms with Crippen LogP contribution in [0.15, 0.2) is 58.5 Å². The van der Waals surface area contributed by atoms with Gasteiger partial charge in [-0.1, -0.05) is 30.3 Å². The Morgan fingerprint density at radius 2 is 2.15 bits per heavy atom. The van der Waals surface area contributed by atoms with E-state index in [1.54, 1.807) is 6.08 Å². The van der Waals surface area contributed by atoms with E-state index >= 15 is 0 Å². The maximum atomic E-state index is 12.2. The van der Waals surface area contributed by atoms with Crippen molar-refractivity contribution in [1.29, 1.82) is 0 Å². The highest BCUT2D eigenvalue weighted by molar-refractivity contribution is 5.77. The molecule has 0 bridgehead atoms. The van der Waals surface area contributed by atoms with Gasteiger partial charge < -0.3 is 19.4 Å². The summed E-state index contributed by atoms with van der Waals surface area (Å²) in [7, 11) is 0. The van der Waals surface area contributed by atoms with Gasteiger partial charge in [0, 0.05) is 24.6 Å². The van der Waals surface area contributed by atoms with Crippen LogP contribution in [0.2, 0.25) is 0 Å². The van der Waals surface area contributed by atoms with Crippen molar-refractivity contribution in [3.8, 4) is 5.75 Å². The average molecular weight is 355 g/mol. The maximum absolute atomic E-state index is 12.2. The van der Waals surface area contributed by atoms with Crippen molar-refractivity contribution in [3.05, 3.63) is 76.4 Å². The molecule has 1 unspecified atom stereocenters. The molecule has 1 aliphatic heterocycles. The summed E-state index contributed by atoms with van der Waals surface area (Å²) in [4.78, 5) is 25.0. The van der Waals surface area contributed by atoms with Crippen molar-refractivity contribution in [2.45, 2.75) is 19.5 Å². The predicted octanol–water partition coefficient (Wildman–Crippen LogP) is 0.462. The number of quaternary nitrogens is 1. The van der Waals surface area contributed by atoms with Crippen molar-refractivity contribution in [2.75, 3.05) is 19.7 Å². The molecule has 2 aromatic rings. The van der Waals surface area contributed by atoms with Gasteiger partial charge in [-0.25, -0.2) is 0 Å². The number of benzene rings is 1. The predicted molar refractivity (Wildman–Crippen MR) is 97.1 cm³/mol. The fraction of sp³-hybridized carbons (Fsp3) is 0.300. The minimum Gasteiger partial charge on any atom is -0.477 e. The first-order chi connectivity index (χ1) is 12.7. The van der Waals surface area contributed by atoms with Gasteiger partial charge in [0.05, 0.1) is 6.54 Å². The molecule has 6 heteroatoms. The highest BCUT2D eigenvalue weighted by atomic mass is 16.5. The van der Waals surface area contributed by atoms with Crippen LogP contribution >= 0.6 is 0 Å². The molecule has 1 aromatic carbocycles. The number of carbonyl (C=O) groups is 1. The van der Waals surface area contributed by atoms with Gasteiger partial charge in [0.15, 0.2) is 12.4 Å². The van der Waals surface area contributed by atoms with Gasteiger partial charge in [0.25, 0.3) is 5.91 Å². The van der Waals surface area contributed by atoms with Crippen LogP contribution < -0.4 is 20.4 Å². The number of hydrogen-bond acceptors (Lipinski definition) is 4. The number of fused-ring (bicyclic) bond motifs is 1. The summed E-state index contributed by atoms with van der Waals surface area (Å²) in [5, 5.41) is 2.58. The van der Waals surface area contributed by atoms with Crippen LogP contribution in [0.1, 0.15) is 16.9 Å². The number of carbonyl (C=O) groups excluding carboxylic acids is 1. The first-order valence-electron chi connectivity index (χ1n) is 8.68. The Labute approximate surface area is 152 Å². The van der Waals surface area contributed by atoms with Crippen LogP contribution in [0.3, 0.4) is 0 Å². The molecule has 0 radical (unpaired) electrons. The van der Waals surface area contributed by atoms with E-state index in [0.717, 1.165) is 19.5 Å². The average Bonchev–Trinajstić information content (AvgIpc) is 2.65. The molecule has 0 spiro atoms. The minimum absolute atomic E-state index is 0.0430. The Bertz CT molecular complexity index is 844. The second-order valence-electron chi connectivity index (χ2n) is 6.33. The monoisotopic (exact) mass is 355 g/mol. The molecule has 136 valence electrons. The Morgan fingerprint density at radius 1 is 1.35 bits per heavy atom. The van der Waals surface area contributed by atoms with Crippen LogP contribution in [-0.2, 0) is 24.3 Å². The molecule has 1 amide bonds. The zero-order chi connectivity index (χ0) is 18.4. The van der Waals surface area contributed by atoms with Gasteiger partial charge >= 0.3 is 0 Å². The van der Waals surface area contributed by atoms with Gasteiger partial charge in [-0.05, 0) is 5.56 Å². The summed E-state index contributed by atoms with van der Waals surface area (Å²) >= 11 is 0. The van der Waals surface area contributed by atoms with E-state index in [0.29, 0.717) is 18.8 Å². The van der Waals surface area contributed by atoms with E-state index in [-0.39, 0.29) is 23.7 Å². The number of nitrogens with one attached hydrogen (secondary N) is 2. The van der Waals surface area contributed by atoms with E-state index < -0.39 is 0 Å². The maximum Gasteiger partial charge on any atom is 0.258 e. The van der Waals surface area contributed by atoms with Crippen LogP contribution in [0.5, 0.6) is 5.75 Å². The third-order valence-corrected chi connectivity index (χ3v) is 4.39. The summed E-state index contributed by atoms with van der Waals surface area (Å²) in [6.07, 6.45) is 3.88. The quantitative estimate of drug-likeness (QED) is 0.708. The standard InChI is InChI=1S/C20H22N2O4/c1-2-8-21-20(24)14-26-19-13-25-17(10-18(19)23)12-22-9-7-15-5-3-4-6-16(15)11-22/h2-6,10,13H,1,7-9,11-12,14H2,(H,21,24)/p+1. The van der Waals surface area contributed by atoms with Crippen molar-refractivity contribution in [3.63, 3.8) is 0 Å². The van der Waals surface area contributed by atoms with E-state index in [2.05, 4.69) is 36.2 Å². The Hall–Kier alpha value is -2.86. The number of rotatable bonds is 7. The smallest absolute Gasteiger partial charge is 0.258 e. The van der Waals surface area contributed by atoms with E-state index in [4.69, 9.17) is 9.15 Å². The topological polar surface area (TPSA) is 73.0 Å². The summed E-state index contributed by atoms with van der Waals surface area (Å²) in [5.41, 5.74) is 2.47. The normalized spacial score (nSPS) is 15.8. The summed E-state index contributed by atoms with van der Waals surface area (Å²) in [5.74, 6) is 0.346. The molecule has 0 saturated carbocycles. The third-order valence-electron chi connectivity index (χ3n) is 4.39. The number of ether oxygens (including phenoxy) is 1. The van der Waals surface area contributed by atoms with Gasteiger partial charge in [-0.2, -0.15) is 0 Å². The molecule has 1 atom stereocenters. The first-order valence-corrected chi connectivity index (χ1v) is 8.68. The van der Waals surface area contributed by atoms with Gasteiger partial charge in [0.1, 0.15) is 19.4 Å². The van der Waals surface area contributed by atoms with E-state index in [1.165, 1.54) is 28.4 Å². The molecule has 2 heterocycles. The lowest BCUT2D eigenvalue weighted by Gasteiger charge is -2.25. The molecule has 0 aliphatic carbocycles. The van der Waals surface area contributed by atoms with Gasteiger partial charge in [-0.15, -0.1) is 6.58 Å². The second kappa shape index (κ2) is 8.49. The zero-order valence-corrected chi connectivity index (χ0v) is 14.6. The van der Waals surface area contributed by atoms with Crippen molar-refractivity contribution >= 4 is 5.91 Å². The Kier molecular flexibility index (Phi) is 5.86.